The molecule has 1 nitrogen and oxygen atoms in total. The van der Waals surface area contributed by atoms with Crippen molar-refractivity contribution < 1.29 is 0 Å². The molecule has 2 heterocycles. The van der Waals surface area contributed by atoms with Crippen molar-refractivity contribution in [1.82, 2.24) is 4.90 Å². The van der Waals surface area contributed by atoms with Gasteiger partial charge in [0.25, 0.3) is 0 Å². The van der Waals surface area contributed by atoms with Crippen molar-refractivity contribution >= 4 is 28.5 Å². The summed E-state index contributed by atoms with van der Waals surface area (Å²) in [5.74, 6) is 0. The minimum Gasteiger partial charge on any atom is -0.355 e. The Labute approximate surface area is 178 Å². The summed E-state index contributed by atoms with van der Waals surface area (Å²) in [6, 6.07) is 20.4. The van der Waals surface area contributed by atoms with Crippen LogP contribution in [0.4, 0.5) is 0 Å². The Morgan fingerprint density at radius 2 is 1.89 bits per heavy atom. The smallest absolute Gasteiger partial charge is 0.109 e. The number of nitrogens with zero attached hydrogens (tertiary/aromatic N) is 1. The normalized spacial score (nSPS) is 16.1. The molecule has 0 bridgehead atoms. The average Bonchev–Trinajstić information content (AvgIpc) is 3.21. The average molecular weight is 406 g/mol. The summed E-state index contributed by atoms with van der Waals surface area (Å²) in [5.41, 5.74) is 6.74. The van der Waals surface area contributed by atoms with Crippen molar-refractivity contribution in [3.8, 4) is 0 Å². The maximum Gasteiger partial charge on any atom is 0.109 e. The van der Waals surface area contributed by atoms with Crippen molar-refractivity contribution in [2.45, 2.75) is 45.6 Å². The molecule has 0 radical (unpaired) electrons. The van der Waals surface area contributed by atoms with Crippen molar-refractivity contribution in [3.05, 3.63) is 92.7 Å². The zero-order valence-corrected chi connectivity index (χ0v) is 18.3. The van der Waals surface area contributed by atoms with Crippen molar-refractivity contribution in [3.63, 3.8) is 0 Å². The molecule has 144 valence electrons. The van der Waals surface area contributed by atoms with Crippen molar-refractivity contribution in [1.29, 1.82) is 0 Å². The summed E-state index contributed by atoms with van der Waals surface area (Å²) in [6.07, 6.45) is 4.37. The Kier molecular flexibility index (Phi) is 5.93. The Morgan fingerprint density at radius 1 is 1.11 bits per heavy atom. The Bertz CT molecular complexity index is 955. The van der Waals surface area contributed by atoms with Gasteiger partial charge >= 0.3 is 0 Å². The Balaban J connectivity index is 1.57. The summed E-state index contributed by atoms with van der Waals surface area (Å²) in [6.45, 7) is 5.36. The molecule has 3 aromatic rings. The zero-order chi connectivity index (χ0) is 19.5. The largest absolute Gasteiger partial charge is 0.355 e. The van der Waals surface area contributed by atoms with Gasteiger partial charge in [0.05, 0.1) is 6.04 Å². The molecule has 28 heavy (non-hydrogen) atoms. The van der Waals surface area contributed by atoms with E-state index in [1.807, 2.05) is 11.3 Å². The van der Waals surface area contributed by atoms with Gasteiger partial charge in [-0.15, -0.1) is 11.3 Å². The third-order valence-electron chi connectivity index (χ3n) is 5.76. The highest BCUT2D eigenvalue weighted by molar-refractivity contribution is 7.80. The number of fused-ring (bicyclic) bond motifs is 1. The first-order valence-corrected chi connectivity index (χ1v) is 11.5. The van der Waals surface area contributed by atoms with Crippen LogP contribution in [-0.4, -0.2) is 16.4 Å². The number of thiophene rings is 1. The molecule has 1 aromatic heterocycles. The van der Waals surface area contributed by atoms with E-state index in [4.69, 9.17) is 12.2 Å². The molecule has 1 aliphatic rings. The number of aryl methyl sites for hydroxylation is 3. The fraction of sp³-hybridized carbons (Fsp3) is 0.320. The van der Waals surface area contributed by atoms with Crippen LogP contribution >= 0.6 is 23.6 Å². The predicted octanol–water partition coefficient (Wildman–Crippen LogP) is 6.53. The van der Waals surface area contributed by atoms with Gasteiger partial charge in [-0.25, -0.2) is 0 Å². The molecule has 0 saturated carbocycles. The summed E-state index contributed by atoms with van der Waals surface area (Å²) < 4.78 is 0. The molecule has 2 aromatic carbocycles. The number of thiocarbonyl (C=S) groups is 1. The molecule has 0 amide bonds. The van der Waals surface area contributed by atoms with E-state index in [-0.39, 0.29) is 0 Å². The number of hydrogen-bond donors (Lipinski definition) is 0. The van der Waals surface area contributed by atoms with Crippen molar-refractivity contribution in [2.24, 2.45) is 0 Å². The highest BCUT2D eigenvalue weighted by Gasteiger charge is 2.30. The molecule has 0 aliphatic carbocycles. The zero-order valence-electron chi connectivity index (χ0n) is 16.7. The van der Waals surface area contributed by atoms with E-state index in [1.165, 1.54) is 32.7 Å². The number of hydrogen-bond acceptors (Lipinski definition) is 2. The van der Waals surface area contributed by atoms with Gasteiger partial charge in [0.1, 0.15) is 4.99 Å². The third-order valence-corrected chi connectivity index (χ3v) is 7.23. The van der Waals surface area contributed by atoms with Crippen LogP contribution in [0, 0.1) is 6.92 Å². The topological polar surface area (TPSA) is 3.24 Å². The molecule has 0 N–H and O–H groups in total. The molecular formula is C25H27NS2. The maximum absolute atomic E-state index is 5.97. The second kappa shape index (κ2) is 8.59. The molecule has 4 rings (SSSR count). The highest BCUT2D eigenvalue weighted by Crippen LogP contribution is 2.37. The lowest BCUT2D eigenvalue weighted by Gasteiger charge is -2.38. The number of benzene rings is 2. The van der Waals surface area contributed by atoms with Gasteiger partial charge in [0.2, 0.25) is 0 Å². The van der Waals surface area contributed by atoms with E-state index in [0.29, 0.717) is 6.04 Å². The van der Waals surface area contributed by atoms with Crippen LogP contribution in [-0.2, 0) is 19.3 Å². The molecule has 0 spiro atoms. The lowest BCUT2D eigenvalue weighted by atomic mass is 9.93. The lowest BCUT2D eigenvalue weighted by Crippen LogP contribution is -2.39. The van der Waals surface area contributed by atoms with Gasteiger partial charge < -0.3 is 4.90 Å². The van der Waals surface area contributed by atoms with Crippen LogP contribution in [0.1, 0.15) is 52.1 Å². The summed E-state index contributed by atoms with van der Waals surface area (Å²) in [7, 11) is 0. The fourth-order valence-electron chi connectivity index (χ4n) is 4.14. The minimum absolute atomic E-state index is 0.369. The van der Waals surface area contributed by atoms with Crippen LogP contribution in [0.15, 0.2) is 60.0 Å². The molecule has 1 unspecified atom stereocenters. The monoisotopic (exact) mass is 405 g/mol. The fourth-order valence-corrected chi connectivity index (χ4v) is 5.41. The quantitative estimate of drug-likeness (QED) is 0.444. The summed E-state index contributed by atoms with van der Waals surface area (Å²) >= 11 is 7.87. The van der Waals surface area contributed by atoms with Crippen LogP contribution in [0.3, 0.4) is 0 Å². The van der Waals surface area contributed by atoms with Gasteiger partial charge in [-0.3, -0.25) is 0 Å². The van der Waals surface area contributed by atoms with Gasteiger partial charge in [0.15, 0.2) is 0 Å². The van der Waals surface area contributed by atoms with Crippen LogP contribution in [0.5, 0.6) is 0 Å². The second-order valence-corrected chi connectivity index (χ2v) is 9.03. The maximum atomic E-state index is 5.97. The van der Waals surface area contributed by atoms with Crippen LogP contribution < -0.4 is 0 Å². The SMILES string of the molecule is CCc1ccc(CCC2c3ccsc3CCN2C(=S)c2cccc(C)c2)cc1. The van der Waals surface area contributed by atoms with E-state index in [2.05, 4.69) is 78.7 Å². The summed E-state index contributed by atoms with van der Waals surface area (Å²) in [4.78, 5) is 5.00. The minimum atomic E-state index is 0.369. The molecule has 1 aliphatic heterocycles. The summed E-state index contributed by atoms with van der Waals surface area (Å²) in [5, 5.41) is 2.24. The standard InChI is InChI=1S/C25H27NS2/c1-3-19-7-9-20(10-8-19)11-12-23-22-14-16-28-24(22)13-15-26(23)25(27)21-6-4-5-18(2)17-21/h4-10,14,16-17,23H,3,11-13,15H2,1-2H3. The first-order valence-electron chi connectivity index (χ1n) is 10.2. The Hall–Kier alpha value is -1.97. The Morgan fingerprint density at radius 3 is 2.64 bits per heavy atom. The van der Waals surface area contributed by atoms with E-state index in [1.54, 1.807) is 0 Å². The third kappa shape index (κ3) is 4.06. The van der Waals surface area contributed by atoms with Gasteiger partial charge in [-0.05, 0) is 66.8 Å². The van der Waals surface area contributed by atoms with E-state index >= 15 is 0 Å². The van der Waals surface area contributed by atoms with Gasteiger partial charge in [-0.2, -0.15) is 0 Å². The van der Waals surface area contributed by atoms with E-state index in [9.17, 15) is 0 Å². The molecule has 3 heteroatoms. The van der Waals surface area contributed by atoms with E-state index < -0.39 is 0 Å². The van der Waals surface area contributed by atoms with Gasteiger partial charge in [0, 0.05) is 17.0 Å². The molecule has 0 saturated heterocycles. The van der Waals surface area contributed by atoms with Crippen LogP contribution in [0.25, 0.3) is 0 Å². The van der Waals surface area contributed by atoms with Gasteiger partial charge in [-0.1, -0.05) is 67.2 Å². The van der Waals surface area contributed by atoms with Crippen LogP contribution in [0.2, 0.25) is 0 Å². The number of rotatable bonds is 5. The molecule has 1 atom stereocenters. The highest BCUT2D eigenvalue weighted by atomic mass is 32.1. The molecular weight excluding hydrogens is 378 g/mol. The van der Waals surface area contributed by atoms with E-state index in [0.717, 1.165) is 37.2 Å². The lowest BCUT2D eigenvalue weighted by molar-refractivity contribution is 0.292. The first kappa shape index (κ1) is 19.4. The van der Waals surface area contributed by atoms with Crippen molar-refractivity contribution in [2.75, 3.05) is 6.54 Å². The second-order valence-electron chi connectivity index (χ2n) is 7.64. The predicted molar refractivity (Wildman–Crippen MR) is 124 cm³/mol. The molecule has 0 fully saturated rings. The first-order chi connectivity index (χ1) is 13.7.